The normalized spacial score (nSPS) is 13.7. The summed E-state index contributed by atoms with van der Waals surface area (Å²) in [6, 6.07) is 4.42. The van der Waals surface area contributed by atoms with Crippen LogP contribution < -0.4 is 5.32 Å². The fourth-order valence-electron chi connectivity index (χ4n) is 2.18. The predicted molar refractivity (Wildman–Crippen MR) is 83.2 cm³/mol. The first-order valence-corrected chi connectivity index (χ1v) is 7.88. The lowest BCUT2D eigenvalue weighted by molar-refractivity contribution is -0.138. The number of nitrogens with zero attached hydrogens (tertiary/aromatic N) is 1. The lowest BCUT2D eigenvalue weighted by atomic mass is 10.1. The van der Waals surface area contributed by atoms with Crippen molar-refractivity contribution in [3.8, 4) is 0 Å². The summed E-state index contributed by atoms with van der Waals surface area (Å²) in [4.78, 5) is 2.24. The SMILES string of the molecule is CCN(CC)CC(C)NCc1ccc(Br)cc1C(F)(F)F. The van der Waals surface area contributed by atoms with Gasteiger partial charge in [-0.2, -0.15) is 13.2 Å². The summed E-state index contributed by atoms with van der Waals surface area (Å²) in [7, 11) is 0. The number of hydrogen-bond donors (Lipinski definition) is 1. The number of halogens is 4. The molecule has 1 rings (SSSR count). The van der Waals surface area contributed by atoms with E-state index in [4.69, 9.17) is 0 Å². The fraction of sp³-hybridized carbons (Fsp3) is 0.600. The van der Waals surface area contributed by atoms with Gasteiger partial charge in [0.25, 0.3) is 0 Å². The molecule has 0 heterocycles. The number of likely N-dealkylation sites (N-methyl/N-ethyl adjacent to an activating group) is 1. The Hall–Kier alpha value is -0.590. The van der Waals surface area contributed by atoms with Crippen LogP contribution in [-0.4, -0.2) is 30.6 Å². The summed E-state index contributed by atoms with van der Waals surface area (Å²) in [6.07, 6.45) is -4.33. The molecule has 1 aromatic rings. The Morgan fingerprint density at radius 3 is 2.38 bits per heavy atom. The van der Waals surface area contributed by atoms with E-state index in [0.717, 1.165) is 25.7 Å². The molecule has 120 valence electrons. The molecule has 0 amide bonds. The fourth-order valence-corrected chi connectivity index (χ4v) is 2.55. The first kappa shape index (κ1) is 18.5. The zero-order chi connectivity index (χ0) is 16.0. The Labute approximate surface area is 132 Å². The van der Waals surface area contributed by atoms with Gasteiger partial charge in [-0.1, -0.05) is 35.8 Å². The van der Waals surface area contributed by atoms with Gasteiger partial charge in [0.05, 0.1) is 5.56 Å². The Kier molecular flexibility index (Phi) is 7.16. The molecular weight excluding hydrogens is 345 g/mol. The van der Waals surface area contributed by atoms with Crippen LogP contribution in [-0.2, 0) is 12.7 Å². The van der Waals surface area contributed by atoms with Gasteiger partial charge in [0.15, 0.2) is 0 Å². The first-order valence-electron chi connectivity index (χ1n) is 7.09. The van der Waals surface area contributed by atoms with Crippen LogP contribution in [0.4, 0.5) is 13.2 Å². The standard InChI is InChI=1S/C15H22BrF3N2/c1-4-21(5-2)10-11(3)20-9-12-6-7-13(16)8-14(12)15(17,18)19/h6-8,11,20H,4-5,9-10H2,1-3H3. The Balaban J connectivity index is 2.71. The number of rotatable bonds is 7. The third-order valence-electron chi connectivity index (χ3n) is 3.44. The molecule has 0 spiro atoms. The van der Waals surface area contributed by atoms with E-state index in [1.165, 1.54) is 6.07 Å². The quantitative estimate of drug-likeness (QED) is 0.774. The summed E-state index contributed by atoms with van der Waals surface area (Å²) in [5.74, 6) is 0. The lowest BCUT2D eigenvalue weighted by Crippen LogP contribution is -2.39. The van der Waals surface area contributed by atoms with Crippen LogP contribution in [0.3, 0.4) is 0 Å². The third-order valence-corrected chi connectivity index (χ3v) is 3.94. The Morgan fingerprint density at radius 2 is 1.86 bits per heavy atom. The van der Waals surface area contributed by atoms with E-state index in [2.05, 4.69) is 40.0 Å². The number of benzene rings is 1. The van der Waals surface area contributed by atoms with Crippen LogP contribution in [0.1, 0.15) is 31.9 Å². The van der Waals surface area contributed by atoms with E-state index < -0.39 is 11.7 Å². The minimum atomic E-state index is -4.33. The van der Waals surface area contributed by atoms with Crippen molar-refractivity contribution in [3.63, 3.8) is 0 Å². The van der Waals surface area contributed by atoms with Gasteiger partial charge in [0, 0.05) is 23.6 Å². The minimum absolute atomic E-state index is 0.134. The molecular formula is C15H22BrF3N2. The minimum Gasteiger partial charge on any atom is -0.309 e. The molecule has 21 heavy (non-hydrogen) atoms. The van der Waals surface area contributed by atoms with Gasteiger partial charge in [-0.15, -0.1) is 0 Å². The van der Waals surface area contributed by atoms with Crippen molar-refractivity contribution in [1.29, 1.82) is 0 Å². The highest BCUT2D eigenvalue weighted by Gasteiger charge is 2.33. The highest BCUT2D eigenvalue weighted by atomic mass is 79.9. The molecule has 0 aliphatic carbocycles. The molecule has 0 aliphatic rings. The maximum absolute atomic E-state index is 13.0. The second kappa shape index (κ2) is 8.15. The van der Waals surface area contributed by atoms with Crippen molar-refractivity contribution in [3.05, 3.63) is 33.8 Å². The number of hydrogen-bond acceptors (Lipinski definition) is 2. The van der Waals surface area contributed by atoms with E-state index in [1.807, 2.05) is 6.92 Å². The second-order valence-electron chi connectivity index (χ2n) is 5.07. The molecule has 0 bridgehead atoms. The van der Waals surface area contributed by atoms with Gasteiger partial charge < -0.3 is 10.2 Å². The Bertz CT molecular complexity index is 445. The maximum atomic E-state index is 13.0. The van der Waals surface area contributed by atoms with Crippen LogP contribution >= 0.6 is 15.9 Å². The molecule has 0 aliphatic heterocycles. The molecule has 1 atom stereocenters. The van der Waals surface area contributed by atoms with E-state index in [0.29, 0.717) is 4.47 Å². The molecule has 2 nitrogen and oxygen atoms in total. The molecule has 0 saturated carbocycles. The van der Waals surface area contributed by atoms with Crippen molar-refractivity contribution in [2.75, 3.05) is 19.6 Å². The topological polar surface area (TPSA) is 15.3 Å². The average Bonchev–Trinajstić information content (AvgIpc) is 2.42. The van der Waals surface area contributed by atoms with E-state index >= 15 is 0 Å². The summed E-state index contributed by atoms with van der Waals surface area (Å²) >= 11 is 3.09. The van der Waals surface area contributed by atoms with Gasteiger partial charge in [-0.25, -0.2) is 0 Å². The zero-order valence-electron chi connectivity index (χ0n) is 12.6. The highest BCUT2D eigenvalue weighted by Crippen LogP contribution is 2.33. The molecule has 1 unspecified atom stereocenters. The highest BCUT2D eigenvalue weighted by molar-refractivity contribution is 9.10. The van der Waals surface area contributed by atoms with Gasteiger partial charge in [0.1, 0.15) is 0 Å². The maximum Gasteiger partial charge on any atom is 0.416 e. The second-order valence-corrected chi connectivity index (χ2v) is 5.98. The van der Waals surface area contributed by atoms with Crippen molar-refractivity contribution in [2.24, 2.45) is 0 Å². The Morgan fingerprint density at radius 1 is 1.24 bits per heavy atom. The average molecular weight is 367 g/mol. The smallest absolute Gasteiger partial charge is 0.309 e. The van der Waals surface area contributed by atoms with Crippen molar-refractivity contribution >= 4 is 15.9 Å². The van der Waals surface area contributed by atoms with Gasteiger partial charge >= 0.3 is 6.18 Å². The molecule has 0 saturated heterocycles. The van der Waals surface area contributed by atoms with Crippen LogP contribution in [0.15, 0.2) is 22.7 Å². The van der Waals surface area contributed by atoms with Gasteiger partial charge in [-0.3, -0.25) is 0 Å². The monoisotopic (exact) mass is 366 g/mol. The predicted octanol–water partition coefficient (Wildman–Crippen LogP) is 4.29. The van der Waals surface area contributed by atoms with Gasteiger partial charge in [0.2, 0.25) is 0 Å². The van der Waals surface area contributed by atoms with Crippen molar-refractivity contribution < 1.29 is 13.2 Å². The molecule has 1 N–H and O–H groups in total. The lowest BCUT2D eigenvalue weighted by Gasteiger charge is -2.24. The zero-order valence-corrected chi connectivity index (χ0v) is 14.2. The summed E-state index contributed by atoms with van der Waals surface area (Å²) < 4.78 is 39.5. The van der Waals surface area contributed by atoms with E-state index in [1.54, 1.807) is 6.07 Å². The molecule has 1 aromatic carbocycles. The molecule has 0 radical (unpaired) electrons. The van der Waals surface area contributed by atoms with Crippen LogP contribution in [0.25, 0.3) is 0 Å². The van der Waals surface area contributed by atoms with Gasteiger partial charge in [-0.05, 0) is 37.7 Å². The van der Waals surface area contributed by atoms with Crippen LogP contribution in [0.5, 0.6) is 0 Å². The number of alkyl halides is 3. The molecule has 0 fully saturated rings. The van der Waals surface area contributed by atoms with Crippen LogP contribution in [0, 0.1) is 0 Å². The van der Waals surface area contributed by atoms with Crippen molar-refractivity contribution in [2.45, 2.75) is 39.5 Å². The van der Waals surface area contributed by atoms with E-state index in [9.17, 15) is 13.2 Å². The molecule has 6 heteroatoms. The third kappa shape index (κ3) is 5.96. The van der Waals surface area contributed by atoms with Crippen LogP contribution in [0.2, 0.25) is 0 Å². The number of nitrogens with one attached hydrogen (secondary N) is 1. The molecule has 0 aromatic heterocycles. The summed E-state index contributed by atoms with van der Waals surface area (Å²) in [5, 5.41) is 3.17. The van der Waals surface area contributed by atoms with Crippen molar-refractivity contribution in [1.82, 2.24) is 10.2 Å². The largest absolute Gasteiger partial charge is 0.416 e. The summed E-state index contributed by atoms with van der Waals surface area (Å²) in [5.41, 5.74) is -0.309. The summed E-state index contributed by atoms with van der Waals surface area (Å²) in [6.45, 7) is 9.06. The van der Waals surface area contributed by atoms with E-state index in [-0.39, 0.29) is 18.2 Å². The first-order chi connectivity index (χ1) is 9.77.